The van der Waals surface area contributed by atoms with Gasteiger partial charge in [0.2, 0.25) is 0 Å². The number of hydrogen-bond donors (Lipinski definition) is 0. The monoisotopic (exact) mass is 347 g/mol. The van der Waals surface area contributed by atoms with Crippen LogP contribution in [0, 0.1) is 0 Å². The molecule has 0 bridgehead atoms. The molecule has 4 heteroatoms. The topological polar surface area (TPSA) is 30.3 Å². The zero-order valence-corrected chi connectivity index (χ0v) is 15.3. The number of hydrogen-bond acceptors (Lipinski definition) is 3. The minimum absolute atomic E-state index is 0.909. The Morgan fingerprint density at radius 1 is 0.962 bits per heavy atom. The van der Waals surface area contributed by atoms with Crippen LogP contribution in [0.5, 0.6) is 5.75 Å². The largest absolute Gasteiger partial charge is 0.497 e. The average molecular weight is 347 g/mol. The molecular formula is C22H25N3O. The van der Waals surface area contributed by atoms with Crippen LogP contribution >= 0.6 is 0 Å². The van der Waals surface area contributed by atoms with Crippen LogP contribution in [-0.4, -0.2) is 34.7 Å². The molecule has 1 aliphatic rings. The molecule has 0 fully saturated rings. The lowest BCUT2D eigenvalue weighted by Crippen LogP contribution is -2.35. The van der Waals surface area contributed by atoms with Crippen LogP contribution in [0.15, 0.2) is 60.8 Å². The van der Waals surface area contributed by atoms with Gasteiger partial charge in [0, 0.05) is 38.8 Å². The zero-order valence-electron chi connectivity index (χ0n) is 15.3. The van der Waals surface area contributed by atoms with Crippen molar-refractivity contribution in [1.82, 2.24) is 14.5 Å². The first-order chi connectivity index (χ1) is 12.8. The summed E-state index contributed by atoms with van der Waals surface area (Å²) in [6.45, 7) is 4.17. The molecule has 0 atom stereocenters. The molecule has 0 saturated heterocycles. The number of rotatable bonds is 6. The van der Waals surface area contributed by atoms with Crippen molar-refractivity contribution in [3.8, 4) is 5.75 Å². The molecule has 134 valence electrons. The Balaban J connectivity index is 1.36. The number of imidazole rings is 1. The van der Waals surface area contributed by atoms with Gasteiger partial charge in [-0.15, -0.1) is 0 Å². The second kappa shape index (κ2) is 7.75. The van der Waals surface area contributed by atoms with E-state index in [0.29, 0.717) is 0 Å². The Hall–Kier alpha value is -2.59. The van der Waals surface area contributed by atoms with Gasteiger partial charge >= 0.3 is 0 Å². The van der Waals surface area contributed by atoms with Gasteiger partial charge in [-0.05, 0) is 29.7 Å². The van der Waals surface area contributed by atoms with Gasteiger partial charge in [0.15, 0.2) is 0 Å². The van der Waals surface area contributed by atoms with Crippen LogP contribution in [0.2, 0.25) is 0 Å². The van der Waals surface area contributed by atoms with Crippen molar-refractivity contribution in [2.75, 3.05) is 20.2 Å². The number of ether oxygens (including phenoxy) is 1. The number of fused-ring (bicyclic) bond motifs is 1. The van der Waals surface area contributed by atoms with Crippen LogP contribution < -0.4 is 4.74 Å². The summed E-state index contributed by atoms with van der Waals surface area (Å²) in [6, 6.07) is 19.0. The van der Waals surface area contributed by atoms with Crippen LogP contribution in [0.4, 0.5) is 0 Å². The van der Waals surface area contributed by atoms with Crippen molar-refractivity contribution in [2.24, 2.45) is 0 Å². The molecule has 4 nitrogen and oxygen atoms in total. The standard InChI is InChI=1S/C22H25N3O/c1-26-21-9-7-18(8-10-21)11-12-24-13-14-25-20(17-24)16-23-22(25)15-19-5-3-2-4-6-19/h2-10,16H,11-15,17H2,1H3. The summed E-state index contributed by atoms with van der Waals surface area (Å²) in [5.74, 6) is 2.10. The molecule has 0 unspecified atom stereocenters. The first kappa shape index (κ1) is 16.9. The Bertz CT molecular complexity index is 840. The first-order valence-corrected chi connectivity index (χ1v) is 9.24. The van der Waals surface area contributed by atoms with E-state index >= 15 is 0 Å². The summed E-state index contributed by atoms with van der Waals surface area (Å²) in [5.41, 5.74) is 4.01. The molecule has 4 rings (SSSR count). The molecule has 0 amide bonds. The summed E-state index contributed by atoms with van der Waals surface area (Å²) >= 11 is 0. The van der Waals surface area contributed by atoms with E-state index in [4.69, 9.17) is 4.74 Å². The van der Waals surface area contributed by atoms with Gasteiger partial charge in [-0.2, -0.15) is 0 Å². The highest BCUT2D eigenvalue weighted by molar-refractivity contribution is 5.27. The first-order valence-electron chi connectivity index (χ1n) is 9.24. The zero-order chi connectivity index (χ0) is 17.8. The third-order valence-corrected chi connectivity index (χ3v) is 5.13. The lowest BCUT2D eigenvalue weighted by atomic mass is 10.1. The third-order valence-electron chi connectivity index (χ3n) is 5.13. The Morgan fingerprint density at radius 2 is 1.77 bits per heavy atom. The molecule has 0 saturated carbocycles. The second-order valence-corrected chi connectivity index (χ2v) is 6.85. The summed E-state index contributed by atoms with van der Waals surface area (Å²) in [5, 5.41) is 0. The van der Waals surface area contributed by atoms with Crippen molar-refractivity contribution in [2.45, 2.75) is 25.9 Å². The lowest BCUT2D eigenvalue weighted by molar-refractivity contribution is 0.222. The van der Waals surface area contributed by atoms with Gasteiger partial charge in [0.1, 0.15) is 11.6 Å². The SMILES string of the molecule is COc1ccc(CCN2CCn3c(cnc3Cc3ccccc3)C2)cc1. The van der Waals surface area contributed by atoms with Crippen LogP contribution in [0.3, 0.4) is 0 Å². The molecule has 0 radical (unpaired) electrons. The van der Waals surface area contributed by atoms with Gasteiger partial charge in [-0.25, -0.2) is 4.98 Å². The summed E-state index contributed by atoms with van der Waals surface area (Å²) in [4.78, 5) is 7.21. The van der Waals surface area contributed by atoms with E-state index in [2.05, 4.69) is 63.1 Å². The Morgan fingerprint density at radius 3 is 2.54 bits per heavy atom. The number of nitrogens with zero attached hydrogens (tertiary/aromatic N) is 3. The fraction of sp³-hybridized carbons (Fsp3) is 0.318. The molecule has 0 aliphatic carbocycles. The van der Waals surface area contributed by atoms with Gasteiger partial charge < -0.3 is 9.30 Å². The molecule has 0 spiro atoms. The summed E-state index contributed by atoms with van der Waals surface area (Å²) < 4.78 is 7.63. The molecule has 2 heterocycles. The molecular weight excluding hydrogens is 322 g/mol. The van der Waals surface area contributed by atoms with Crippen LogP contribution in [0.25, 0.3) is 0 Å². The van der Waals surface area contributed by atoms with Crippen molar-refractivity contribution < 1.29 is 4.74 Å². The highest BCUT2D eigenvalue weighted by Gasteiger charge is 2.19. The highest BCUT2D eigenvalue weighted by Crippen LogP contribution is 2.18. The highest BCUT2D eigenvalue weighted by atomic mass is 16.5. The maximum atomic E-state index is 5.23. The Kier molecular flexibility index (Phi) is 5.02. The van der Waals surface area contributed by atoms with Crippen molar-refractivity contribution >= 4 is 0 Å². The molecule has 2 aromatic carbocycles. The Labute approximate surface area is 155 Å². The van der Waals surface area contributed by atoms with Gasteiger partial charge in [0.05, 0.1) is 12.8 Å². The minimum Gasteiger partial charge on any atom is -0.497 e. The van der Waals surface area contributed by atoms with E-state index in [9.17, 15) is 0 Å². The van der Waals surface area contributed by atoms with E-state index in [1.165, 1.54) is 22.6 Å². The second-order valence-electron chi connectivity index (χ2n) is 6.85. The number of aromatic nitrogens is 2. The van der Waals surface area contributed by atoms with E-state index in [0.717, 1.165) is 44.8 Å². The molecule has 1 aromatic heterocycles. The molecule has 26 heavy (non-hydrogen) atoms. The summed E-state index contributed by atoms with van der Waals surface area (Å²) in [6.07, 6.45) is 4.03. The maximum Gasteiger partial charge on any atom is 0.118 e. The van der Waals surface area contributed by atoms with E-state index in [-0.39, 0.29) is 0 Å². The van der Waals surface area contributed by atoms with Crippen molar-refractivity contribution in [3.63, 3.8) is 0 Å². The number of methoxy groups -OCH3 is 1. The predicted octanol–water partition coefficient (Wildman–Crippen LogP) is 3.54. The normalized spacial score (nSPS) is 14.2. The summed E-state index contributed by atoms with van der Waals surface area (Å²) in [7, 11) is 1.71. The smallest absolute Gasteiger partial charge is 0.118 e. The van der Waals surface area contributed by atoms with Crippen molar-refractivity contribution in [3.05, 3.63) is 83.4 Å². The van der Waals surface area contributed by atoms with E-state index in [1.807, 2.05) is 12.1 Å². The predicted molar refractivity (Wildman–Crippen MR) is 103 cm³/mol. The fourth-order valence-corrected chi connectivity index (χ4v) is 3.59. The van der Waals surface area contributed by atoms with Gasteiger partial charge in [-0.3, -0.25) is 4.90 Å². The van der Waals surface area contributed by atoms with Gasteiger partial charge in [0.25, 0.3) is 0 Å². The maximum absolute atomic E-state index is 5.23. The van der Waals surface area contributed by atoms with E-state index < -0.39 is 0 Å². The van der Waals surface area contributed by atoms with Crippen LogP contribution in [0.1, 0.15) is 22.6 Å². The molecule has 1 aliphatic heterocycles. The quantitative estimate of drug-likeness (QED) is 0.683. The fourth-order valence-electron chi connectivity index (χ4n) is 3.59. The minimum atomic E-state index is 0.909. The molecule has 3 aromatic rings. The van der Waals surface area contributed by atoms with Crippen molar-refractivity contribution in [1.29, 1.82) is 0 Å². The van der Waals surface area contributed by atoms with Gasteiger partial charge in [-0.1, -0.05) is 42.5 Å². The van der Waals surface area contributed by atoms with Crippen LogP contribution in [-0.2, 0) is 25.9 Å². The average Bonchev–Trinajstić information content (AvgIpc) is 3.09. The number of benzene rings is 2. The third kappa shape index (κ3) is 3.81. The lowest BCUT2D eigenvalue weighted by Gasteiger charge is -2.29. The van der Waals surface area contributed by atoms with E-state index in [1.54, 1.807) is 7.11 Å². The molecule has 0 N–H and O–H groups in total.